The third kappa shape index (κ3) is 9.35. The number of carbonyl (C=O) groups is 6. The molecular formula is C34H50FN5O6. The minimum Gasteiger partial charge on any atom is -0.363 e. The van der Waals surface area contributed by atoms with E-state index in [0.29, 0.717) is 12.8 Å². The molecule has 1 heterocycles. The standard InChI is InChI=1S/C34H50FN5O6/c1-18(2)25(26(41)20-11-13-22(35)14-12-20)38-32(46)39-28(34(6,7)8)31(45)40-17-21(33(3,4)5)16-24(40)30(44)37-23(15-19-9-10-19)27(42)29(36)43/h11-14,18-19,21,23-25,28H,9-10,15-17H2,1-8H3,(H2,36,43)(H,37,44)(H2,38,39,46)/t21-,23?,24+,25+,28-/m1/s1. The van der Waals surface area contributed by atoms with E-state index < -0.39 is 70.7 Å². The molecule has 1 aromatic carbocycles. The number of hydrogen-bond donors (Lipinski definition) is 4. The van der Waals surface area contributed by atoms with Gasteiger partial charge in [-0.2, -0.15) is 0 Å². The minimum atomic E-state index is -1.13. The minimum absolute atomic E-state index is 0.0750. The average Bonchev–Trinajstić information content (AvgIpc) is 3.64. The van der Waals surface area contributed by atoms with Crippen molar-refractivity contribution in [2.45, 2.75) is 105 Å². The Bertz CT molecular complexity index is 1330. The summed E-state index contributed by atoms with van der Waals surface area (Å²) in [5.74, 6) is -4.11. The van der Waals surface area contributed by atoms with E-state index in [4.69, 9.17) is 5.73 Å². The molecule has 46 heavy (non-hydrogen) atoms. The van der Waals surface area contributed by atoms with E-state index in [9.17, 15) is 33.2 Å². The fraction of sp³-hybridized carbons (Fsp3) is 0.647. The Balaban J connectivity index is 1.85. The van der Waals surface area contributed by atoms with Crippen molar-refractivity contribution in [3.8, 4) is 0 Å². The number of carbonyl (C=O) groups excluding carboxylic acids is 6. The van der Waals surface area contributed by atoms with Crippen LogP contribution < -0.4 is 21.7 Å². The van der Waals surface area contributed by atoms with Gasteiger partial charge in [-0.25, -0.2) is 9.18 Å². The van der Waals surface area contributed by atoms with Crippen LogP contribution in [-0.4, -0.2) is 70.9 Å². The highest BCUT2D eigenvalue weighted by molar-refractivity contribution is 6.37. The average molecular weight is 644 g/mol. The molecule has 1 aliphatic carbocycles. The Kier molecular flexibility index (Phi) is 11.4. The van der Waals surface area contributed by atoms with Crippen LogP contribution in [-0.2, 0) is 19.2 Å². The van der Waals surface area contributed by atoms with Gasteiger partial charge in [-0.1, -0.05) is 68.2 Å². The molecule has 0 bridgehead atoms. The molecule has 2 aliphatic rings. The van der Waals surface area contributed by atoms with Gasteiger partial charge in [-0.05, 0) is 65.7 Å². The van der Waals surface area contributed by atoms with Gasteiger partial charge in [0.2, 0.25) is 17.6 Å². The van der Waals surface area contributed by atoms with Crippen LogP contribution in [0.15, 0.2) is 24.3 Å². The Hall–Kier alpha value is -3.83. The smallest absolute Gasteiger partial charge is 0.316 e. The summed E-state index contributed by atoms with van der Waals surface area (Å²) < 4.78 is 13.4. The fourth-order valence-corrected chi connectivity index (χ4v) is 5.77. The van der Waals surface area contributed by atoms with Crippen molar-refractivity contribution in [2.75, 3.05) is 6.54 Å². The number of rotatable bonds is 12. The van der Waals surface area contributed by atoms with Crippen LogP contribution in [0.25, 0.3) is 0 Å². The lowest BCUT2D eigenvalue weighted by atomic mass is 9.79. The van der Waals surface area contributed by atoms with Gasteiger partial charge in [0.05, 0.1) is 12.1 Å². The van der Waals surface area contributed by atoms with Crippen molar-refractivity contribution in [2.24, 2.45) is 34.3 Å². The van der Waals surface area contributed by atoms with Gasteiger partial charge in [0.15, 0.2) is 5.78 Å². The number of benzene rings is 1. The van der Waals surface area contributed by atoms with Crippen LogP contribution in [0.2, 0.25) is 0 Å². The second kappa shape index (κ2) is 14.3. The molecule has 1 saturated carbocycles. The molecule has 0 aromatic heterocycles. The van der Waals surface area contributed by atoms with Crippen LogP contribution in [0.4, 0.5) is 9.18 Å². The largest absolute Gasteiger partial charge is 0.363 e. The van der Waals surface area contributed by atoms with Crippen LogP contribution in [0.3, 0.4) is 0 Å². The molecule has 1 aliphatic heterocycles. The number of halogens is 1. The molecule has 1 saturated heterocycles. The summed E-state index contributed by atoms with van der Waals surface area (Å²) in [5.41, 5.74) is 4.44. The van der Waals surface area contributed by atoms with E-state index in [1.54, 1.807) is 34.6 Å². The normalized spacial score (nSPS) is 20.4. The van der Waals surface area contributed by atoms with E-state index in [-0.39, 0.29) is 35.3 Å². The Morgan fingerprint density at radius 1 is 0.935 bits per heavy atom. The highest BCUT2D eigenvalue weighted by Gasteiger charge is 2.48. The van der Waals surface area contributed by atoms with Crippen molar-refractivity contribution in [1.29, 1.82) is 0 Å². The number of primary amides is 1. The Morgan fingerprint density at radius 3 is 2.00 bits per heavy atom. The van der Waals surface area contributed by atoms with Crippen molar-refractivity contribution >= 4 is 35.3 Å². The van der Waals surface area contributed by atoms with Gasteiger partial charge in [-0.3, -0.25) is 24.0 Å². The van der Waals surface area contributed by atoms with Gasteiger partial charge in [0.1, 0.15) is 17.9 Å². The molecular weight excluding hydrogens is 593 g/mol. The number of hydrogen-bond acceptors (Lipinski definition) is 6. The molecule has 1 aromatic rings. The summed E-state index contributed by atoms with van der Waals surface area (Å²) in [7, 11) is 0. The summed E-state index contributed by atoms with van der Waals surface area (Å²) in [6.45, 7) is 15.2. The number of amides is 5. The Morgan fingerprint density at radius 2 is 1.52 bits per heavy atom. The van der Waals surface area contributed by atoms with Gasteiger partial charge in [0.25, 0.3) is 5.91 Å². The number of nitrogens with one attached hydrogen (secondary N) is 3. The molecule has 11 nitrogen and oxygen atoms in total. The highest BCUT2D eigenvalue weighted by atomic mass is 19.1. The number of nitrogens with zero attached hydrogens (tertiary/aromatic N) is 1. The van der Waals surface area contributed by atoms with Gasteiger partial charge in [-0.15, -0.1) is 0 Å². The van der Waals surface area contributed by atoms with Crippen LogP contribution >= 0.6 is 0 Å². The molecule has 1 unspecified atom stereocenters. The maximum absolute atomic E-state index is 14.3. The molecule has 0 spiro atoms. The van der Waals surface area contributed by atoms with E-state index >= 15 is 0 Å². The molecule has 5 atom stereocenters. The second-order valence-electron chi connectivity index (χ2n) is 15.3. The second-order valence-corrected chi connectivity index (χ2v) is 15.3. The maximum atomic E-state index is 14.3. The third-order valence-corrected chi connectivity index (χ3v) is 9.01. The molecule has 5 amide bonds. The number of Topliss-reactive ketones (excluding diaryl/α,β-unsaturated/α-hetero) is 2. The molecule has 3 rings (SSSR count). The van der Waals surface area contributed by atoms with E-state index in [2.05, 4.69) is 16.0 Å². The zero-order valence-electron chi connectivity index (χ0n) is 28.2. The van der Waals surface area contributed by atoms with Gasteiger partial charge >= 0.3 is 6.03 Å². The van der Waals surface area contributed by atoms with Crippen LogP contribution in [0.1, 0.15) is 91.4 Å². The lowest BCUT2D eigenvalue weighted by Crippen LogP contribution is -2.61. The predicted octanol–water partition coefficient (Wildman–Crippen LogP) is 3.35. The predicted molar refractivity (Wildman–Crippen MR) is 171 cm³/mol. The summed E-state index contributed by atoms with van der Waals surface area (Å²) >= 11 is 0. The number of likely N-dealkylation sites (tertiary alicyclic amines) is 1. The zero-order chi connectivity index (χ0) is 34.7. The lowest BCUT2D eigenvalue weighted by molar-refractivity contribution is -0.143. The molecule has 254 valence electrons. The third-order valence-electron chi connectivity index (χ3n) is 9.01. The lowest BCUT2D eigenvalue weighted by Gasteiger charge is -2.36. The zero-order valence-corrected chi connectivity index (χ0v) is 28.2. The van der Waals surface area contributed by atoms with E-state index in [0.717, 1.165) is 12.8 Å². The molecule has 12 heteroatoms. The van der Waals surface area contributed by atoms with Crippen LogP contribution in [0, 0.1) is 34.4 Å². The highest BCUT2D eigenvalue weighted by Crippen LogP contribution is 2.39. The van der Waals surface area contributed by atoms with E-state index in [1.165, 1.54) is 29.2 Å². The SMILES string of the molecule is CC(C)[C@H](NC(=O)N[C@H](C(=O)N1C[C@H](C(C)(C)C)C[C@H]1C(=O)NC(CC1CC1)C(=O)C(N)=O)C(C)(C)C)C(=O)c1ccc(F)cc1. The molecule has 5 N–H and O–H groups in total. The summed E-state index contributed by atoms with van der Waals surface area (Å²) in [5, 5.41) is 8.16. The number of nitrogens with two attached hydrogens (primary N) is 1. The van der Waals surface area contributed by atoms with Crippen molar-refractivity contribution in [3.05, 3.63) is 35.6 Å². The summed E-state index contributed by atoms with van der Waals surface area (Å²) in [6, 6.07) is 0.234. The number of ketones is 2. The first-order valence-corrected chi connectivity index (χ1v) is 16.0. The summed E-state index contributed by atoms with van der Waals surface area (Å²) in [4.78, 5) is 80.4. The monoisotopic (exact) mass is 643 g/mol. The fourth-order valence-electron chi connectivity index (χ4n) is 5.77. The maximum Gasteiger partial charge on any atom is 0.316 e. The first kappa shape index (κ1) is 36.6. The van der Waals surface area contributed by atoms with Gasteiger partial charge in [0, 0.05) is 12.1 Å². The van der Waals surface area contributed by atoms with Crippen molar-refractivity contribution in [1.82, 2.24) is 20.9 Å². The molecule has 2 fully saturated rings. The van der Waals surface area contributed by atoms with Gasteiger partial charge < -0.3 is 26.6 Å². The molecule has 0 radical (unpaired) electrons. The van der Waals surface area contributed by atoms with Crippen molar-refractivity contribution < 1.29 is 33.2 Å². The quantitative estimate of drug-likeness (QED) is 0.201. The van der Waals surface area contributed by atoms with Crippen LogP contribution in [0.5, 0.6) is 0 Å². The van der Waals surface area contributed by atoms with E-state index in [1.807, 2.05) is 20.8 Å². The van der Waals surface area contributed by atoms with Crippen molar-refractivity contribution in [3.63, 3.8) is 0 Å². The number of urea groups is 1. The first-order chi connectivity index (χ1) is 21.2. The Labute approximate surface area is 271 Å². The topological polar surface area (TPSA) is 168 Å². The first-order valence-electron chi connectivity index (χ1n) is 16.0. The summed E-state index contributed by atoms with van der Waals surface area (Å²) in [6.07, 6.45) is 2.42.